The van der Waals surface area contributed by atoms with Crippen molar-refractivity contribution in [1.29, 1.82) is 0 Å². The van der Waals surface area contributed by atoms with Crippen LogP contribution < -0.4 is 20.1 Å². The maximum absolute atomic E-state index is 13.1. The summed E-state index contributed by atoms with van der Waals surface area (Å²) in [5.41, 5.74) is 2.44. The first-order valence-corrected chi connectivity index (χ1v) is 11.3. The Bertz CT molecular complexity index is 1290. The Balaban J connectivity index is 1.35. The van der Waals surface area contributed by atoms with Gasteiger partial charge in [0.1, 0.15) is 19.0 Å². The van der Waals surface area contributed by atoms with Gasteiger partial charge in [0.25, 0.3) is 11.8 Å². The summed E-state index contributed by atoms with van der Waals surface area (Å²) in [6, 6.07) is 15.0. The number of amides is 2. The molecule has 1 unspecified atom stereocenters. The highest BCUT2D eigenvalue weighted by atomic mass is 19.1. The monoisotopic (exact) mass is 492 g/mol. The van der Waals surface area contributed by atoms with Crippen LogP contribution in [0.2, 0.25) is 0 Å². The number of rotatable bonds is 7. The van der Waals surface area contributed by atoms with Crippen molar-refractivity contribution in [2.24, 2.45) is 0 Å². The van der Waals surface area contributed by atoms with E-state index in [0.29, 0.717) is 41.5 Å². The molecule has 3 aromatic rings. The second kappa shape index (κ2) is 10.9. The van der Waals surface area contributed by atoms with E-state index in [-0.39, 0.29) is 17.3 Å². The SMILES string of the molecule is Cc1ccc(C(=O)OCC(=O)NC(C)c2ccc(F)cc2)cc1NC(=O)c1ccc2c(c1)OCCO2. The largest absolute Gasteiger partial charge is 0.486 e. The highest BCUT2D eigenvalue weighted by Crippen LogP contribution is 2.31. The van der Waals surface area contributed by atoms with Gasteiger partial charge in [-0.25, -0.2) is 9.18 Å². The zero-order valence-corrected chi connectivity index (χ0v) is 19.8. The lowest BCUT2D eigenvalue weighted by Crippen LogP contribution is -2.31. The molecule has 0 saturated carbocycles. The van der Waals surface area contributed by atoms with Gasteiger partial charge in [0.05, 0.1) is 11.6 Å². The summed E-state index contributed by atoms with van der Waals surface area (Å²) in [6.45, 7) is 3.90. The zero-order valence-electron chi connectivity index (χ0n) is 19.8. The molecule has 8 nitrogen and oxygen atoms in total. The molecule has 0 aliphatic carbocycles. The number of hydrogen-bond acceptors (Lipinski definition) is 6. The molecule has 3 aromatic carbocycles. The maximum atomic E-state index is 13.1. The molecule has 36 heavy (non-hydrogen) atoms. The van der Waals surface area contributed by atoms with Crippen molar-refractivity contribution in [3.8, 4) is 11.5 Å². The molecule has 0 saturated heterocycles. The number of carbonyl (C=O) groups excluding carboxylic acids is 3. The van der Waals surface area contributed by atoms with Crippen molar-refractivity contribution in [3.05, 3.63) is 88.7 Å². The van der Waals surface area contributed by atoms with Crippen molar-refractivity contribution in [2.45, 2.75) is 19.9 Å². The van der Waals surface area contributed by atoms with Gasteiger partial charge in [-0.3, -0.25) is 9.59 Å². The minimum Gasteiger partial charge on any atom is -0.486 e. The summed E-state index contributed by atoms with van der Waals surface area (Å²) in [5, 5.41) is 5.49. The Labute approximate surface area is 207 Å². The van der Waals surface area contributed by atoms with Gasteiger partial charge < -0.3 is 24.8 Å². The Morgan fingerprint density at radius 2 is 1.64 bits per heavy atom. The van der Waals surface area contributed by atoms with E-state index in [1.54, 1.807) is 56.3 Å². The Kier molecular flexibility index (Phi) is 7.48. The second-order valence-electron chi connectivity index (χ2n) is 8.26. The Morgan fingerprint density at radius 3 is 2.39 bits per heavy atom. The van der Waals surface area contributed by atoms with Gasteiger partial charge in [0.15, 0.2) is 18.1 Å². The average molecular weight is 493 g/mol. The standard InChI is InChI=1S/C27H25FN2O6/c1-16-3-4-20(27(33)36-15-25(31)29-17(2)18-5-8-21(28)9-6-18)13-22(16)30-26(32)19-7-10-23-24(14-19)35-12-11-34-23/h3-10,13-14,17H,11-12,15H2,1-2H3,(H,29,31)(H,30,32). The summed E-state index contributed by atoms with van der Waals surface area (Å²) in [6.07, 6.45) is 0. The number of hydrogen-bond donors (Lipinski definition) is 2. The molecule has 2 N–H and O–H groups in total. The van der Waals surface area contributed by atoms with Crippen LogP contribution >= 0.6 is 0 Å². The Hall–Kier alpha value is -4.40. The van der Waals surface area contributed by atoms with Gasteiger partial charge in [0.2, 0.25) is 0 Å². The molecule has 0 aromatic heterocycles. The molecular formula is C27H25FN2O6. The molecule has 1 aliphatic rings. The number of carbonyl (C=O) groups is 3. The summed E-state index contributed by atoms with van der Waals surface area (Å²) in [5.74, 6) is -0.889. The molecule has 4 rings (SSSR count). The summed E-state index contributed by atoms with van der Waals surface area (Å²) < 4.78 is 29.2. The number of fused-ring (bicyclic) bond motifs is 1. The topological polar surface area (TPSA) is 103 Å². The molecule has 9 heteroatoms. The highest BCUT2D eigenvalue weighted by Gasteiger charge is 2.18. The molecule has 1 atom stereocenters. The fraction of sp³-hybridized carbons (Fsp3) is 0.222. The molecule has 1 aliphatic heterocycles. The van der Waals surface area contributed by atoms with Gasteiger partial charge >= 0.3 is 5.97 Å². The predicted molar refractivity (Wildman–Crippen MR) is 130 cm³/mol. The van der Waals surface area contributed by atoms with Gasteiger partial charge in [-0.15, -0.1) is 0 Å². The van der Waals surface area contributed by atoms with Crippen molar-refractivity contribution in [1.82, 2.24) is 5.32 Å². The molecule has 0 fully saturated rings. The van der Waals surface area contributed by atoms with E-state index in [4.69, 9.17) is 14.2 Å². The van der Waals surface area contributed by atoms with Crippen LogP contribution in [-0.4, -0.2) is 37.6 Å². The third kappa shape index (κ3) is 5.99. The third-order valence-corrected chi connectivity index (χ3v) is 5.61. The van der Waals surface area contributed by atoms with Crippen LogP contribution in [0.4, 0.5) is 10.1 Å². The van der Waals surface area contributed by atoms with Gasteiger partial charge in [-0.05, 0) is 67.4 Å². The predicted octanol–water partition coefficient (Wildman–Crippen LogP) is 4.19. The van der Waals surface area contributed by atoms with Crippen LogP contribution in [-0.2, 0) is 9.53 Å². The van der Waals surface area contributed by atoms with Crippen LogP contribution in [0.25, 0.3) is 0 Å². The van der Waals surface area contributed by atoms with Gasteiger partial charge in [-0.2, -0.15) is 0 Å². The lowest BCUT2D eigenvalue weighted by atomic mass is 10.1. The molecule has 0 radical (unpaired) electrons. The van der Waals surface area contributed by atoms with E-state index in [0.717, 1.165) is 5.56 Å². The molecule has 0 spiro atoms. The second-order valence-corrected chi connectivity index (χ2v) is 8.26. The van der Waals surface area contributed by atoms with E-state index in [2.05, 4.69) is 10.6 Å². The van der Waals surface area contributed by atoms with E-state index < -0.39 is 24.5 Å². The summed E-state index contributed by atoms with van der Waals surface area (Å²) >= 11 is 0. The third-order valence-electron chi connectivity index (χ3n) is 5.61. The minimum absolute atomic E-state index is 0.178. The zero-order chi connectivity index (χ0) is 25.7. The molecule has 186 valence electrons. The number of ether oxygens (including phenoxy) is 3. The number of esters is 1. The lowest BCUT2D eigenvalue weighted by Gasteiger charge is -2.19. The quantitative estimate of drug-likeness (QED) is 0.480. The minimum atomic E-state index is -0.714. The van der Waals surface area contributed by atoms with E-state index in [1.165, 1.54) is 18.2 Å². The number of benzene rings is 3. The molecule has 2 amide bonds. The van der Waals surface area contributed by atoms with Crippen LogP contribution in [0.3, 0.4) is 0 Å². The van der Waals surface area contributed by atoms with E-state index >= 15 is 0 Å². The normalized spacial score (nSPS) is 12.9. The average Bonchev–Trinajstić information content (AvgIpc) is 2.88. The van der Waals surface area contributed by atoms with Gasteiger partial charge in [0, 0.05) is 11.3 Å². The fourth-order valence-electron chi connectivity index (χ4n) is 3.60. The number of aryl methyl sites for hydroxylation is 1. The van der Waals surface area contributed by atoms with Crippen molar-refractivity contribution < 1.29 is 33.0 Å². The first-order valence-electron chi connectivity index (χ1n) is 11.3. The van der Waals surface area contributed by atoms with Crippen molar-refractivity contribution >= 4 is 23.5 Å². The van der Waals surface area contributed by atoms with Crippen molar-refractivity contribution in [3.63, 3.8) is 0 Å². The number of nitrogens with one attached hydrogen (secondary N) is 2. The van der Waals surface area contributed by atoms with Crippen LogP contribution in [0.5, 0.6) is 11.5 Å². The summed E-state index contributed by atoms with van der Waals surface area (Å²) in [4.78, 5) is 37.5. The van der Waals surface area contributed by atoms with Crippen LogP contribution in [0, 0.1) is 12.7 Å². The van der Waals surface area contributed by atoms with E-state index in [1.807, 2.05) is 0 Å². The number of halogens is 1. The fourth-order valence-corrected chi connectivity index (χ4v) is 3.60. The summed E-state index contributed by atoms with van der Waals surface area (Å²) in [7, 11) is 0. The van der Waals surface area contributed by atoms with Crippen molar-refractivity contribution in [2.75, 3.05) is 25.1 Å². The van der Waals surface area contributed by atoms with Crippen LogP contribution in [0.15, 0.2) is 60.7 Å². The smallest absolute Gasteiger partial charge is 0.338 e. The maximum Gasteiger partial charge on any atom is 0.338 e. The lowest BCUT2D eigenvalue weighted by molar-refractivity contribution is -0.124. The Morgan fingerprint density at radius 1 is 0.944 bits per heavy atom. The number of anilines is 1. The first kappa shape index (κ1) is 24.7. The first-order chi connectivity index (χ1) is 17.3. The highest BCUT2D eigenvalue weighted by molar-refractivity contribution is 6.05. The molecule has 1 heterocycles. The van der Waals surface area contributed by atoms with Gasteiger partial charge in [-0.1, -0.05) is 18.2 Å². The van der Waals surface area contributed by atoms with E-state index in [9.17, 15) is 18.8 Å². The van der Waals surface area contributed by atoms with Crippen LogP contribution in [0.1, 0.15) is 44.8 Å². The molecular weight excluding hydrogens is 467 g/mol. The molecule has 0 bridgehead atoms.